The van der Waals surface area contributed by atoms with Crippen LogP contribution in [0.1, 0.15) is 29.5 Å². The molecule has 0 saturated carbocycles. The summed E-state index contributed by atoms with van der Waals surface area (Å²) in [6.07, 6.45) is 5.31. The molecule has 0 spiro atoms. The molecule has 0 fully saturated rings. The Morgan fingerprint density at radius 1 is 0.550 bits per heavy atom. The summed E-state index contributed by atoms with van der Waals surface area (Å²) >= 11 is -3.71. The maximum Gasteiger partial charge on any atom is -0.147 e. The predicted octanol–water partition coefficient (Wildman–Crippen LogP) is 10.5. The Bertz CT molecular complexity index is 1660. The second-order valence-corrected chi connectivity index (χ2v) is 55.7. The van der Waals surface area contributed by atoms with E-state index in [4.69, 9.17) is 0 Å². The summed E-state index contributed by atoms with van der Waals surface area (Å²) in [5.74, 6) is 0. The number of benzene rings is 4. The van der Waals surface area contributed by atoms with E-state index in [0.29, 0.717) is 7.25 Å². The molecule has 6 heteroatoms. The molecular weight excluding hydrogens is 655 g/mol. The number of halogens is 2. The average Bonchev–Trinajstić information content (AvgIpc) is 3.45. The van der Waals surface area contributed by atoms with Crippen LogP contribution in [0.15, 0.2) is 83.2 Å². The van der Waals surface area contributed by atoms with Crippen molar-refractivity contribution in [2.75, 3.05) is 0 Å². The standard InChI is InChI=1S/2C16H17Si.2CH3.2ClH.H2Si.Zr/c2*1-17(2,3)14-10-13-9-8-12-6-4-5-7-15(12)16(13)11-14;;;;;;/h2*4-11H,1-3H3;2*1H3;2*1H;1H2;. The Kier molecular flexibility index (Phi) is 8.23. The number of fused-ring (bicyclic) bond motifs is 6. The van der Waals surface area contributed by atoms with Gasteiger partial charge in [-0.1, -0.05) is 0 Å². The zero-order chi connectivity index (χ0) is 27.3. The van der Waals surface area contributed by atoms with Crippen molar-refractivity contribution in [1.29, 1.82) is 0 Å². The zero-order valence-corrected chi connectivity index (χ0v) is 32.8. The van der Waals surface area contributed by atoms with Gasteiger partial charge in [-0.15, -0.1) is 24.8 Å². The molecule has 210 valence electrons. The van der Waals surface area contributed by atoms with Crippen molar-refractivity contribution in [3.05, 3.63) is 105 Å². The maximum atomic E-state index is 2.84. The summed E-state index contributed by atoms with van der Waals surface area (Å²) in [5.41, 5.74) is 6.32. The monoisotopic (exact) mass is 696 g/mol. The maximum absolute atomic E-state index is 3.71. The minimum Gasteiger partial charge on any atom is -0.147 e. The molecule has 0 saturated heterocycles. The van der Waals surface area contributed by atoms with Crippen molar-refractivity contribution in [3.8, 4) is 0 Å². The molecule has 0 aromatic heterocycles. The third-order valence-electron chi connectivity index (χ3n) is 9.46. The largest absolute Gasteiger partial charge is 0.147 e. The first-order valence-electron chi connectivity index (χ1n) is 14.2. The van der Waals surface area contributed by atoms with Gasteiger partial charge in [-0.05, 0) is 0 Å². The van der Waals surface area contributed by atoms with Gasteiger partial charge < -0.3 is 0 Å². The van der Waals surface area contributed by atoms with Crippen molar-refractivity contribution < 1.29 is 17.4 Å². The van der Waals surface area contributed by atoms with Crippen LogP contribution in [-0.4, -0.2) is 23.0 Å². The van der Waals surface area contributed by atoms with E-state index < -0.39 is 33.5 Å². The van der Waals surface area contributed by atoms with Crippen LogP contribution in [0.25, 0.3) is 33.7 Å². The van der Waals surface area contributed by atoms with Gasteiger partial charge in [-0.3, -0.25) is 0 Å². The Balaban J connectivity index is 0.00000185. The van der Waals surface area contributed by atoms with E-state index in [1.54, 1.807) is 21.5 Å². The van der Waals surface area contributed by atoms with Crippen LogP contribution in [0, 0.1) is 0 Å². The van der Waals surface area contributed by atoms with Gasteiger partial charge in [-0.25, -0.2) is 0 Å². The number of hydrogen-bond donors (Lipinski definition) is 0. The molecule has 0 amide bonds. The normalized spacial score (nSPS) is 18.9. The Morgan fingerprint density at radius 2 is 0.900 bits per heavy atom. The van der Waals surface area contributed by atoms with Crippen molar-refractivity contribution in [1.82, 2.24) is 0 Å². The van der Waals surface area contributed by atoms with Crippen molar-refractivity contribution in [2.24, 2.45) is 0 Å². The fourth-order valence-electron chi connectivity index (χ4n) is 7.77. The molecule has 2 atom stereocenters. The molecule has 4 aromatic rings. The van der Waals surface area contributed by atoms with Crippen LogP contribution in [0.2, 0.25) is 48.5 Å². The molecule has 6 rings (SSSR count). The zero-order valence-electron chi connectivity index (χ0n) is 25.3. The molecule has 40 heavy (non-hydrogen) atoms. The van der Waals surface area contributed by atoms with Crippen molar-refractivity contribution >= 4 is 81.5 Å². The van der Waals surface area contributed by atoms with E-state index in [1.807, 2.05) is 0 Å². The molecule has 0 N–H and O–H groups in total. The number of hydrogen-bond acceptors (Lipinski definition) is 0. The van der Waals surface area contributed by atoms with Gasteiger partial charge in [0.1, 0.15) is 0 Å². The summed E-state index contributed by atoms with van der Waals surface area (Å²) in [4.78, 5) is 0. The summed E-state index contributed by atoms with van der Waals surface area (Å²) < 4.78 is 6.84. The number of allylic oxidation sites excluding steroid dienone is 2. The van der Waals surface area contributed by atoms with Gasteiger partial charge in [0.15, 0.2) is 0 Å². The first-order valence-corrected chi connectivity index (χ1v) is 34.9. The first kappa shape index (κ1) is 31.9. The van der Waals surface area contributed by atoms with Gasteiger partial charge in [0.05, 0.1) is 0 Å². The van der Waals surface area contributed by atoms with E-state index in [0.717, 1.165) is 0 Å². The number of rotatable bonds is 4. The average molecular weight is 699 g/mol. The molecule has 4 aromatic carbocycles. The molecule has 2 aliphatic rings. The fourth-order valence-corrected chi connectivity index (χ4v) is 42.9. The minimum absolute atomic E-state index is 0. The van der Waals surface area contributed by atoms with Crippen LogP contribution < -0.4 is 0 Å². The quantitative estimate of drug-likeness (QED) is 0.186. The van der Waals surface area contributed by atoms with Crippen LogP contribution >= 0.6 is 24.8 Å². The van der Waals surface area contributed by atoms with E-state index in [-0.39, 0.29) is 24.8 Å². The molecule has 0 aliphatic heterocycles. The Morgan fingerprint density at radius 3 is 1.25 bits per heavy atom. The molecule has 2 aliphatic carbocycles. The summed E-state index contributed by atoms with van der Waals surface area (Å²) in [6, 6.07) is 27.9. The van der Waals surface area contributed by atoms with Gasteiger partial charge >= 0.3 is 235 Å². The van der Waals surface area contributed by atoms with Crippen LogP contribution in [0.4, 0.5) is 0 Å². The van der Waals surface area contributed by atoms with E-state index >= 15 is 0 Å². The minimum atomic E-state index is -3.71. The third-order valence-corrected chi connectivity index (χ3v) is 32.3. The van der Waals surface area contributed by atoms with Gasteiger partial charge in [0, 0.05) is 0 Å². The molecular formula is C34H44Cl2Si3Zr. The molecule has 2 unspecified atom stereocenters. The van der Waals surface area contributed by atoms with Crippen LogP contribution in [-0.2, 0) is 17.4 Å². The van der Waals surface area contributed by atoms with E-state index in [9.17, 15) is 0 Å². The van der Waals surface area contributed by atoms with Crippen LogP contribution in [0.5, 0.6) is 0 Å². The van der Waals surface area contributed by atoms with Gasteiger partial charge in [0.25, 0.3) is 0 Å². The second kappa shape index (κ2) is 10.3. The molecule has 0 radical (unpaired) electrons. The first-order chi connectivity index (χ1) is 17.7. The predicted molar refractivity (Wildman–Crippen MR) is 191 cm³/mol. The fraction of sp³-hybridized carbons (Fsp3) is 0.294. The van der Waals surface area contributed by atoms with Crippen LogP contribution in [0.3, 0.4) is 0 Å². The van der Waals surface area contributed by atoms with Gasteiger partial charge in [-0.2, -0.15) is 0 Å². The molecule has 0 bridgehead atoms. The van der Waals surface area contributed by atoms with E-state index in [2.05, 4.69) is 140 Å². The third kappa shape index (κ3) is 4.89. The van der Waals surface area contributed by atoms with Crippen molar-refractivity contribution in [2.45, 2.75) is 55.8 Å². The molecule has 0 heterocycles. The Labute approximate surface area is 258 Å². The smallest absolute Gasteiger partial charge is 0.147 e. The SMILES string of the molecule is C[Si](C)(C)C1=Cc2ccc3ccccc3c2[CH]1[Zr]([CH3])([CH3])(=[SiH2])[CH]1C([Si](C)(C)C)=Cc2ccc3ccccc3c21.Cl.Cl. The summed E-state index contributed by atoms with van der Waals surface area (Å²) in [5, 5.41) is 9.38. The van der Waals surface area contributed by atoms with E-state index in [1.165, 1.54) is 32.7 Å². The summed E-state index contributed by atoms with van der Waals surface area (Å²) in [6.45, 7) is 18.0. The van der Waals surface area contributed by atoms with Gasteiger partial charge in [0.2, 0.25) is 0 Å². The second-order valence-electron chi connectivity index (χ2n) is 15.1. The summed E-state index contributed by atoms with van der Waals surface area (Å²) in [7, 11) is -3.17. The molecule has 0 nitrogen and oxygen atoms in total. The topological polar surface area (TPSA) is 0 Å². The Hall–Kier alpha value is -1.01. The van der Waals surface area contributed by atoms with Crippen molar-refractivity contribution in [3.63, 3.8) is 0 Å².